The zero-order valence-corrected chi connectivity index (χ0v) is 12.5. The van der Waals surface area contributed by atoms with Gasteiger partial charge in [0, 0.05) is 31.1 Å². The summed E-state index contributed by atoms with van der Waals surface area (Å²) in [7, 11) is 2.12. The molecule has 4 nitrogen and oxygen atoms in total. The molecular weight excluding hydrogens is 244 g/mol. The van der Waals surface area contributed by atoms with Crippen molar-refractivity contribution in [2.45, 2.75) is 32.7 Å². The first kappa shape index (κ1) is 13.8. The molecule has 102 valence electrons. The summed E-state index contributed by atoms with van der Waals surface area (Å²) in [6.07, 6.45) is 2.71. The van der Waals surface area contributed by atoms with E-state index < -0.39 is 0 Å². The molecule has 1 saturated heterocycles. The van der Waals surface area contributed by atoms with E-state index in [0.29, 0.717) is 0 Å². The third-order valence-corrected chi connectivity index (χ3v) is 4.98. The molecule has 1 unspecified atom stereocenters. The van der Waals surface area contributed by atoms with Crippen molar-refractivity contribution in [2.24, 2.45) is 5.73 Å². The highest BCUT2D eigenvalue weighted by molar-refractivity contribution is 7.15. The topological polar surface area (TPSA) is 45.4 Å². The molecule has 2 N–H and O–H groups in total. The van der Waals surface area contributed by atoms with E-state index in [-0.39, 0.29) is 6.04 Å². The summed E-state index contributed by atoms with van der Waals surface area (Å²) in [5, 5.41) is 1.10. The minimum absolute atomic E-state index is 0.0863. The molecule has 1 aliphatic rings. The van der Waals surface area contributed by atoms with Gasteiger partial charge in [0.05, 0.1) is 5.69 Å². The van der Waals surface area contributed by atoms with Crippen LogP contribution < -0.4 is 10.6 Å². The van der Waals surface area contributed by atoms with E-state index in [1.807, 2.05) is 13.8 Å². The maximum Gasteiger partial charge on any atom is 0.185 e. The van der Waals surface area contributed by atoms with Gasteiger partial charge in [-0.15, -0.1) is 11.3 Å². The van der Waals surface area contributed by atoms with Crippen molar-refractivity contribution in [3.8, 4) is 0 Å². The van der Waals surface area contributed by atoms with Gasteiger partial charge < -0.3 is 15.5 Å². The Morgan fingerprint density at radius 1 is 1.44 bits per heavy atom. The van der Waals surface area contributed by atoms with Gasteiger partial charge in [-0.05, 0) is 39.8 Å². The minimum Gasteiger partial charge on any atom is -0.350 e. The van der Waals surface area contributed by atoms with Gasteiger partial charge in [-0.25, -0.2) is 4.98 Å². The number of thiazole rings is 1. The van der Waals surface area contributed by atoms with E-state index in [1.165, 1.54) is 30.8 Å². The highest BCUT2D eigenvalue weighted by Crippen LogP contribution is 2.28. The van der Waals surface area contributed by atoms with Crippen molar-refractivity contribution in [2.75, 3.05) is 38.1 Å². The molecule has 0 amide bonds. The molecule has 18 heavy (non-hydrogen) atoms. The Morgan fingerprint density at radius 3 is 2.67 bits per heavy atom. The Kier molecular flexibility index (Phi) is 4.59. The molecule has 2 rings (SSSR count). The van der Waals surface area contributed by atoms with Crippen LogP contribution in [0, 0.1) is 6.92 Å². The highest BCUT2D eigenvalue weighted by atomic mass is 32.1. The van der Waals surface area contributed by atoms with Gasteiger partial charge >= 0.3 is 0 Å². The third kappa shape index (κ3) is 3.22. The summed E-state index contributed by atoms with van der Waals surface area (Å²) in [6, 6.07) is 0.0863. The van der Waals surface area contributed by atoms with Crippen molar-refractivity contribution in [1.82, 2.24) is 9.88 Å². The monoisotopic (exact) mass is 268 g/mol. The first-order valence-electron chi connectivity index (χ1n) is 6.74. The maximum atomic E-state index is 5.95. The van der Waals surface area contributed by atoms with Crippen molar-refractivity contribution in [3.63, 3.8) is 0 Å². The Bertz CT molecular complexity index is 382. The first-order chi connectivity index (χ1) is 8.58. The molecule has 5 heteroatoms. The molecule has 0 aliphatic carbocycles. The molecule has 0 saturated carbocycles. The number of hydrogen-bond acceptors (Lipinski definition) is 5. The summed E-state index contributed by atoms with van der Waals surface area (Å²) in [6.45, 7) is 8.78. The molecule has 0 bridgehead atoms. The van der Waals surface area contributed by atoms with E-state index in [0.717, 1.165) is 23.9 Å². The lowest BCUT2D eigenvalue weighted by molar-refractivity contribution is 0.346. The van der Waals surface area contributed by atoms with Crippen LogP contribution in [-0.4, -0.2) is 43.1 Å². The van der Waals surface area contributed by atoms with Gasteiger partial charge in [-0.2, -0.15) is 0 Å². The van der Waals surface area contributed by atoms with Gasteiger partial charge in [0.2, 0.25) is 0 Å². The van der Waals surface area contributed by atoms with Crippen LogP contribution in [0.15, 0.2) is 0 Å². The number of aryl methyl sites for hydroxylation is 1. The fraction of sp³-hybridized carbons (Fsp3) is 0.769. The second kappa shape index (κ2) is 5.99. The molecule has 1 aromatic rings. The summed E-state index contributed by atoms with van der Waals surface area (Å²) < 4.78 is 0. The maximum absolute atomic E-state index is 5.95. The van der Waals surface area contributed by atoms with Crippen LogP contribution in [0.5, 0.6) is 0 Å². The smallest absolute Gasteiger partial charge is 0.185 e. The Balaban J connectivity index is 1.91. The van der Waals surface area contributed by atoms with E-state index in [4.69, 9.17) is 5.73 Å². The molecule has 0 aromatic carbocycles. The molecular formula is C13H24N4S. The summed E-state index contributed by atoms with van der Waals surface area (Å²) in [5.41, 5.74) is 7.03. The number of nitrogens with zero attached hydrogens (tertiary/aromatic N) is 3. The van der Waals surface area contributed by atoms with Gasteiger partial charge in [-0.3, -0.25) is 0 Å². The van der Waals surface area contributed by atoms with Crippen molar-refractivity contribution in [3.05, 3.63) is 10.6 Å². The number of hydrogen-bond donors (Lipinski definition) is 1. The normalized spacial score (nSPS) is 18.2. The van der Waals surface area contributed by atoms with E-state index in [9.17, 15) is 0 Å². The summed E-state index contributed by atoms with van der Waals surface area (Å²) in [5.74, 6) is 0. The first-order valence-corrected chi connectivity index (χ1v) is 7.56. The van der Waals surface area contributed by atoms with Crippen molar-refractivity contribution < 1.29 is 0 Å². The van der Waals surface area contributed by atoms with Crippen LogP contribution in [0.4, 0.5) is 5.13 Å². The van der Waals surface area contributed by atoms with Crippen molar-refractivity contribution in [1.29, 1.82) is 0 Å². The van der Waals surface area contributed by atoms with Crippen LogP contribution in [0.2, 0.25) is 0 Å². The Morgan fingerprint density at radius 2 is 2.11 bits per heavy atom. The predicted molar refractivity (Wildman–Crippen MR) is 78.4 cm³/mol. The van der Waals surface area contributed by atoms with Crippen molar-refractivity contribution >= 4 is 16.5 Å². The fourth-order valence-corrected chi connectivity index (χ4v) is 3.38. The highest BCUT2D eigenvalue weighted by Gasteiger charge is 2.16. The Hall–Kier alpha value is -0.650. The zero-order chi connectivity index (χ0) is 13.1. The van der Waals surface area contributed by atoms with Crippen LogP contribution in [-0.2, 0) is 0 Å². The molecule has 1 aliphatic heterocycles. The van der Waals surface area contributed by atoms with Crippen LogP contribution in [0.3, 0.4) is 0 Å². The number of anilines is 1. The largest absolute Gasteiger partial charge is 0.350 e. The van der Waals surface area contributed by atoms with Crippen LogP contribution in [0.25, 0.3) is 0 Å². The fourth-order valence-electron chi connectivity index (χ4n) is 2.37. The van der Waals surface area contributed by atoms with Gasteiger partial charge in [0.15, 0.2) is 5.13 Å². The molecule has 2 heterocycles. The molecule has 0 spiro atoms. The summed E-state index contributed by atoms with van der Waals surface area (Å²) in [4.78, 5) is 10.6. The SMILES string of the molecule is Cc1nc(N(C)CCN2CCCC2)sc1C(C)N. The molecule has 0 radical (unpaired) electrons. The van der Waals surface area contributed by atoms with Gasteiger partial charge in [-0.1, -0.05) is 0 Å². The van der Waals surface area contributed by atoms with Crippen LogP contribution in [0.1, 0.15) is 36.4 Å². The number of likely N-dealkylation sites (N-methyl/N-ethyl adjacent to an activating group) is 1. The minimum atomic E-state index is 0.0863. The van der Waals surface area contributed by atoms with Gasteiger partial charge in [0.25, 0.3) is 0 Å². The lowest BCUT2D eigenvalue weighted by atomic mass is 10.2. The second-order valence-corrected chi connectivity index (χ2v) is 6.21. The number of nitrogens with two attached hydrogens (primary N) is 1. The van der Waals surface area contributed by atoms with E-state index >= 15 is 0 Å². The standard InChI is InChI=1S/C13H24N4S/c1-10(14)12-11(2)15-13(18-12)16(3)8-9-17-6-4-5-7-17/h10H,4-9,14H2,1-3H3. The van der Waals surface area contributed by atoms with E-state index in [1.54, 1.807) is 11.3 Å². The molecule has 1 fully saturated rings. The number of aromatic nitrogens is 1. The average molecular weight is 268 g/mol. The number of likely N-dealkylation sites (tertiary alicyclic amines) is 1. The predicted octanol–water partition coefficient (Wildman–Crippen LogP) is 2.00. The number of rotatable bonds is 5. The quantitative estimate of drug-likeness (QED) is 0.887. The van der Waals surface area contributed by atoms with E-state index in [2.05, 4.69) is 21.8 Å². The lowest BCUT2D eigenvalue weighted by Crippen LogP contribution is -2.31. The lowest BCUT2D eigenvalue weighted by Gasteiger charge is -2.20. The second-order valence-electron chi connectivity index (χ2n) is 5.21. The van der Waals surface area contributed by atoms with Crippen LogP contribution >= 0.6 is 11.3 Å². The molecule has 1 aromatic heterocycles. The summed E-state index contributed by atoms with van der Waals surface area (Å²) >= 11 is 1.73. The van der Waals surface area contributed by atoms with Gasteiger partial charge in [0.1, 0.15) is 0 Å². The average Bonchev–Trinajstić information content (AvgIpc) is 2.94. The third-order valence-electron chi connectivity index (χ3n) is 3.51. The zero-order valence-electron chi connectivity index (χ0n) is 11.6. The Labute approximate surface area is 114 Å². The molecule has 1 atom stereocenters.